The minimum Gasteiger partial charge on any atom is -0.481 e. The summed E-state index contributed by atoms with van der Waals surface area (Å²) in [6, 6.07) is 9.46. The van der Waals surface area contributed by atoms with Crippen molar-refractivity contribution in [2.45, 2.75) is 13.0 Å². The van der Waals surface area contributed by atoms with Crippen LogP contribution in [0.3, 0.4) is 0 Å². The summed E-state index contributed by atoms with van der Waals surface area (Å²) in [5, 5.41) is 15.5. The first-order valence-electron chi connectivity index (χ1n) is 8.29. The first kappa shape index (κ1) is 16.6. The third kappa shape index (κ3) is 3.28. The first-order valence-corrected chi connectivity index (χ1v) is 9.17. The zero-order valence-electron chi connectivity index (χ0n) is 13.8. The van der Waals surface area contributed by atoms with E-state index in [0.29, 0.717) is 25.3 Å². The van der Waals surface area contributed by atoms with Crippen molar-refractivity contribution >= 4 is 34.3 Å². The molecule has 7 nitrogen and oxygen atoms in total. The van der Waals surface area contributed by atoms with Gasteiger partial charge in [-0.3, -0.25) is 4.79 Å². The minimum absolute atomic E-state index is 0.253. The van der Waals surface area contributed by atoms with Gasteiger partial charge in [-0.15, -0.1) is 11.3 Å². The molecule has 1 aliphatic rings. The van der Waals surface area contributed by atoms with Crippen molar-refractivity contribution in [1.29, 1.82) is 0 Å². The van der Waals surface area contributed by atoms with Crippen molar-refractivity contribution in [2.24, 2.45) is 5.92 Å². The van der Waals surface area contributed by atoms with Crippen molar-refractivity contribution < 1.29 is 19.1 Å². The Morgan fingerprint density at radius 2 is 2.23 bits per heavy atom. The predicted octanol–water partition coefficient (Wildman–Crippen LogP) is 3.17. The van der Waals surface area contributed by atoms with Gasteiger partial charge in [0.1, 0.15) is 16.3 Å². The second-order valence-corrected chi connectivity index (χ2v) is 7.15. The summed E-state index contributed by atoms with van der Waals surface area (Å²) in [6.45, 7) is 1.02. The maximum absolute atomic E-state index is 12.2. The SMILES string of the molecule is O=C(O)C1CCN(C(=O)NCc2nc(-c3cc4ccccc4o3)cs2)C1. The van der Waals surface area contributed by atoms with E-state index in [1.165, 1.54) is 16.2 Å². The number of urea groups is 1. The number of likely N-dealkylation sites (tertiary alicyclic amines) is 1. The summed E-state index contributed by atoms with van der Waals surface area (Å²) >= 11 is 1.45. The molecule has 0 bridgehead atoms. The molecule has 1 atom stereocenters. The zero-order valence-corrected chi connectivity index (χ0v) is 14.7. The number of furan rings is 1. The highest BCUT2D eigenvalue weighted by atomic mass is 32.1. The van der Waals surface area contributed by atoms with E-state index < -0.39 is 11.9 Å². The monoisotopic (exact) mass is 371 g/mol. The van der Waals surface area contributed by atoms with Crippen molar-refractivity contribution in [3.8, 4) is 11.5 Å². The molecule has 2 N–H and O–H groups in total. The van der Waals surface area contributed by atoms with Crippen LogP contribution in [0.4, 0.5) is 4.79 Å². The van der Waals surface area contributed by atoms with Gasteiger partial charge in [0.15, 0.2) is 5.76 Å². The highest BCUT2D eigenvalue weighted by Crippen LogP contribution is 2.28. The Balaban J connectivity index is 1.38. The number of aliphatic carboxylic acids is 1. The molecule has 4 rings (SSSR count). The molecule has 8 heteroatoms. The Hall–Kier alpha value is -2.87. The Morgan fingerprint density at radius 3 is 3.00 bits per heavy atom. The Bertz CT molecular complexity index is 931. The van der Waals surface area contributed by atoms with Crippen LogP contribution in [0.15, 0.2) is 40.1 Å². The highest BCUT2D eigenvalue weighted by molar-refractivity contribution is 7.09. The lowest BCUT2D eigenvalue weighted by Crippen LogP contribution is -2.38. The van der Waals surface area contributed by atoms with Gasteiger partial charge in [0.25, 0.3) is 0 Å². The smallest absolute Gasteiger partial charge is 0.317 e. The van der Waals surface area contributed by atoms with Gasteiger partial charge in [0, 0.05) is 23.9 Å². The second kappa shape index (κ2) is 6.80. The van der Waals surface area contributed by atoms with Crippen LogP contribution in [0.1, 0.15) is 11.4 Å². The van der Waals surface area contributed by atoms with E-state index in [1.807, 2.05) is 35.7 Å². The Morgan fingerprint density at radius 1 is 1.38 bits per heavy atom. The number of thiazole rings is 1. The molecule has 1 unspecified atom stereocenters. The number of nitrogens with zero attached hydrogens (tertiary/aromatic N) is 2. The molecule has 2 aromatic heterocycles. The minimum atomic E-state index is -0.851. The second-order valence-electron chi connectivity index (χ2n) is 6.20. The van der Waals surface area contributed by atoms with E-state index in [1.54, 1.807) is 0 Å². The van der Waals surface area contributed by atoms with Crippen LogP contribution in [-0.4, -0.2) is 40.1 Å². The number of rotatable bonds is 4. The van der Waals surface area contributed by atoms with Gasteiger partial charge in [0.05, 0.1) is 12.5 Å². The van der Waals surface area contributed by atoms with Crippen molar-refractivity contribution in [1.82, 2.24) is 15.2 Å². The number of carboxylic acids is 1. The molecule has 1 aliphatic heterocycles. The lowest BCUT2D eigenvalue weighted by molar-refractivity contribution is -0.141. The molecule has 2 amide bonds. The number of carbonyl (C=O) groups is 2. The lowest BCUT2D eigenvalue weighted by atomic mass is 10.1. The molecule has 1 saturated heterocycles. The van der Waals surface area contributed by atoms with E-state index in [0.717, 1.165) is 21.7 Å². The van der Waals surface area contributed by atoms with E-state index >= 15 is 0 Å². The van der Waals surface area contributed by atoms with Crippen LogP contribution in [0, 0.1) is 5.92 Å². The van der Waals surface area contributed by atoms with Crippen LogP contribution in [-0.2, 0) is 11.3 Å². The molecular weight excluding hydrogens is 354 g/mol. The van der Waals surface area contributed by atoms with E-state index in [4.69, 9.17) is 9.52 Å². The van der Waals surface area contributed by atoms with Gasteiger partial charge in [-0.05, 0) is 18.6 Å². The predicted molar refractivity (Wildman–Crippen MR) is 96.9 cm³/mol. The van der Waals surface area contributed by atoms with Gasteiger partial charge in [-0.1, -0.05) is 18.2 Å². The van der Waals surface area contributed by atoms with Gasteiger partial charge >= 0.3 is 12.0 Å². The van der Waals surface area contributed by atoms with E-state index in [2.05, 4.69) is 10.3 Å². The molecule has 0 saturated carbocycles. The average Bonchev–Trinajstić information content (AvgIpc) is 3.37. The molecule has 1 aromatic carbocycles. The normalized spacial score (nSPS) is 16.9. The topological polar surface area (TPSA) is 95.7 Å². The maximum Gasteiger partial charge on any atom is 0.317 e. The van der Waals surface area contributed by atoms with Crippen LogP contribution >= 0.6 is 11.3 Å². The van der Waals surface area contributed by atoms with E-state index in [9.17, 15) is 9.59 Å². The number of amides is 2. The summed E-state index contributed by atoms with van der Waals surface area (Å²) in [7, 11) is 0. The molecule has 3 aromatic rings. The summed E-state index contributed by atoms with van der Waals surface area (Å²) < 4.78 is 5.80. The van der Waals surface area contributed by atoms with Gasteiger partial charge in [-0.2, -0.15) is 0 Å². The summed E-state index contributed by atoms with van der Waals surface area (Å²) in [4.78, 5) is 29.2. The van der Waals surface area contributed by atoms with Crippen LogP contribution in [0.2, 0.25) is 0 Å². The molecule has 134 valence electrons. The molecule has 3 heterocycles. The number of carbonyl (C=O) groups excluding carboxylic acids is 1. The number of hydrogen-bond acceptors (Lipinski definition) is 5. The molecule has 0 radical (unpaired) electrons. The fourth-order valence-corrected chi connectivity index (χ4v) is 3.75. The summed E-state index contributed by atoms with van der Waals surface area (Å²) in [5.74, 6) is -0.625. The molecule has 26 heavy (non-hydrogen) atoms. The fourth-order valence-electron chi connectivity index (χ4n) is 3.02. The zero-order chi connectivity index (χ0) is 18.1. The molecule has 0 spiro atoms. The van der Waals surface area contributed by atoms with Crippen LogP contribution in [0.25, 0.3) is 22.4 Å². The molecular formula is C18H17N3O4S. The van der Waals surface area contributed by atoms with Gasteiger partial charge in [-0.25, -0.2) is 9.78 Å². The summed E-state index contributed by atoms with van der Waals surface area (Å²) in [5.41, 5.74) is 1.55. The van der Waals surface area contributed by atoms with Crippen molar-refractivity contribution in [3.63, 3.8) is 0 Å². The average molecular weight is 371 g/mol. The Kier molecular flexibility index (Phi) is 4.34. The number of benzene rings is 1. The molecule has 1 fully saturated rings. The Labute approximate surface area is 153 Å². The number of nitrogens with one attached hydrogen (secondary N) is 1. The van der Waals surface area contributed by atoms with Gasteiger partial charge < -0.3 is 19.7 Å². The standard InChI is InChI=1S/C18H17N3O4S/c22-17(23)12-5-6-21(9-12)18(24)19-8-16-20-13(10-26-16)15-7-11-3-1-2-4-14(11)25-15/h1-4,7,10,12H,5-6,8-9H2,(H,19,24)(H,22,23). The summed E-state index contributed by atoms with van der Waals surface area (Å²) in [6.07, 6.45) is 0.496. The number of carboxylic acid groups (broad SMARTS) is 1. The van der Waals surface area contributed by atoms with Crippen molar-refractivity contribution in [2.75, 3.05) is 13.1 Å². The number of fused-ring (bicyclic) bond motifs is 1. The van der Waals surface area contributed by atoms with Crippen LogP contribution < -0.4 is 5.32 Å². The van der Waals surface area contributed by atoms with Gasteiger partial charge in [0.2, 0.25) is 0 Å². The number of para-hydroxylation sites is 1. The maximum atomic E-state index is 12.2. The quantitative estimate of drug-likeness (QED) is 0.734. The first-order chi connectivity index (χ1) is 12.6. The number of hydrogen-bond donors (Lipinski definition) is 2. The van der Waals surface area contributed by atoms with E-state index in [-0.39, 0.29) is 12.6 Å². The van der Waals surface area contributed by atoms with Crippen molar-refractivity contribution in [3.05, 3.63) is 40.7 Å². The molecule has 0 aliphatic carbocycles. The third-order valence-electron chi connectivity index (χ3n) is 4.45. The van der Waals surface area contributed by atoms with Crippen LogP contribution in [0.5, 0.6) is 0 Å². The number of aromatic nitrogens is 1. The largest absolute Gasteiger partial charge is 0.481 e. The lowest BCUT2D eigenvalue weighted by Gasteiger charge is -2.16. The highest BCUT2D eigenvalue weighted by Gasteiger charge is 2.30. The third-order valence-corrected chi connectivity index (χ3v) is 5.29. The fraction of sp³-hybridized carbons (Fsp3) is 0.278.